The van der Waals surface area contributed by atoms with Gasteiger partial charge in [-0.15, -0.1) is 0 Å². The zero-order chi connectivity index (χ0) is 15.3. The van der Waals surface area contributed by atoms with Gasteiger partial charge in [-0.3, -0.25) is 0 Å². The number of nitrogens with zero attached hydrogens (tertiary/aromatic N) is 1. The second-order valence-electron chi connectivity index (χ2n) is 6.05. The lowest BCUT2D eigenvalue weighted by molar-refractivity contribution is 0.0602. The minimum Gasteiger partial charge on any atom is -0.465 e. The van der Waals surface area contributed by atoms with Gasteiger partial charge >= 0.3 is 5.97 Å². The first-order valence-electron chi connectivity index (χ1n) is 6.61. The van der Waals surface area contributed by atoms with Gasteiger partial charge in [0.1, 0.15) is 0 Å². The smallest absolute Gasteiger partial charge is 0.340 e. The minimum atomic E-state index is -0.418. The zero-order valence-electron chi connectivity index (χ0n) is 13.0. The Kier molecular flexibility index (Phi) is 5.39. The van der Waals surface area contributed by atoms with Gasteiger partial charge in [-0.25, -0.2) is 4.79 Å². The fourth-order valence-electron chi connectivity index (χ4n) is 2.21. The van der Waals surface area contributed by atoms with E-state index >= 15 is 0 Å². The highest BCUT2D eigenvalue weighted by atomic mass is 16.5. The standard InChI is InChI=1S/C15H25N3O2/c1-15(2,10-18(3)4)9-17-11-6-7-13(16)12(8-11)14(19)20-5/h6-8,17H,9-10,16H2,1-5H3. The third-order valence-electron chi connectivity index (χ3n) is 2.97. The van der Waals surface area contributed by atoms with Crippen molar-refractivity contribution in [1.29, 1.82) is 0 Å². The van der Waals surface area contributed by atoms with Gasteiger partial charge in [-0.2, -0.15) is 0 Å². The molecule has 0 heterocycles. The van der Waals surface area contributed by atoms with Crippen molar-refractivity contribution in [2.45, 2.75) is 13.8 Å². The number of benzene rings is 1. The Morgan fingerprint density at radius 1 is 1.40 bits per heavy atom. The fourth-order valence-corrected chi connectivity index (χ4v) is 2.21. The van der Waals surface area contributed by atoms with Gasteiger partial charge in [0.15, 0.2) is 0 Å². The van der Waals surface area contributed by atoms with Crippen LogP contribution in [0, 0.1) is 5.41 Å². The summed E-state index contributed by atoms with van der Waals surface area (Å²) in [6, 6.07) is 5.31. The first kappa shape index (κ1) is 16.3. The number of ether oxygens (including phenoxy) is 1. The summed E-state index contributed by atoms with van der Waals surface area (Å²) < 4.78 is 4.72. The average molecular weight is 279 g/mol. The first-order chi connectivity index (χ1) is 9.25. The molecule has 0 unspecified atom stereocenters. The Bertz CT molecular complexity index is 470. The molecule has 112 valence electrons. The quantitative estimate of drug-likeness (QED) is 0.616. The Hall–Kier alpha value is -1.75. The van der Waals surface area contributed by atoms with Crippen molar-refractivity contribution in [3.05, 3.63) is 23.8 Å². The molecule has 0 aliphatic heterocycles. The lowest BCUT2D eigenvalue weighted by Crippen LogP contribution is -2.34. The summed E-state index contributed by atoms with van der Waals surface area (Å²) in [5, 5.41) is 3.35. The summed E-state index contributed by atoms with van der Waals surface area (Å²) in [7, 11) is 5.46. The van der Waals surface area contributed by atoms with E-state index in [9.17, 15) is 4.79 Å². The normalized spacial score (nSPS) is 11.5. The number of nitrogen functional groups attached to an aromatic ring is 1. The molecule has 0 fully saturated rings. The third-order valence-corrected chi connectivity index (χ3v) is 2.97. The van der Waals surface area contributed by atoms with Crippen molar-refractivity contribution in [2.75, 3.05) is 45.3 Å². The molecule has 5 heteroatoms. The van der Waals surface area contributed by atoms with Crippen LogP contribution in [-0.4, -0.2) is 45.2 Å². The molecule has 0 spiro atoms. The van der Waals surface area contributed by atoms with Crippen LogP contribution in [0.2, 0.25) is 0 Å². The van der Waals surface area contributed by atoms with E-state index in [4.69, 9.17) is 10.5 Å². The molecule has 1 aromatic rings. The summed E-state index contributed by atoms with van der Waals surface area (Å²) in [5.41, 5.74) is 7.58. The predicted octanol–water partition coefficient (Wildman–Crippen LogP) is 2.06. The molecule has 0 aliphatic rings. The van der Waals surface area contributed by atoms with Crippen molar-refractivity contribution in [1.82, 2.24) is 4.90 Å². The second-order valence-corrected chi connectivity index (χ2v) is 6.05. The van der Waals surface area contributed by atoms with Crippen molar-refractivity contribution in [3.8, 4) is 0 Å². The highest BCUT2D eigenvalue weighted by molar-refractivity contribution is 5.96. The molecule has 0 bridgehead atoms. The van der Waals surface area contributed by atoms with Crippen molar-refractivity contribution in [2.24, 2.45) is 5.41 Å². The van der Waals surface area contributed by atoms with Crippen LogP contribution in [0.15, 0.2) is 18.2 Å². The van der Waals surface area contributed by atoms with Crippen LogP contribution in [0.3, 0.4) is 0 Å². The molecule has 0 saturated carbocycles. The Morgan fingerprint density at radius 3 is 2.60 bits per heavy atom. The van der Waals surface area contributed by atoms with Gasteiger partial charge in [-0.05, 0) is 37.7 Å². The average Bonchev–Trinajstić information content (AvgIpc) is 2.35. The van der Waals surface area contributed by atoms with Crippen LogP contribution in [0.1, 0.15) is 24.2 Å². The number of carbonyl (C=O) groups excluding carboxylic acids is 1. The molecular formula is C15H25N3O2. The number of hydrogen-bond acceptors (Lipinski definition) is 5. The van der Waals surface area contributed by atoms with Gasteiger partial charge in [0.2, 0.25) is 0 Å². The van der Waals surface area contributed by atoms with E-state index in [1.807, 2.05) is 6.07 Å². The molecule has 1 aromatic carbocycles. The molecule has 20 heavy (non-hydrogen) atoms. The fraction of sp³-hybridized carbons (Fsp3) is 0.533. The highest BCUT2D eigenvalue weighted by Crippen LogP contribution is 2.21. The van der Waals surface area contributed by atoms with Gasteiger partial charge in [0.05, 0.1) is 12.7 Å². The van der Waals surface area contributed by atoms with Crippen LogP contribution < -0.4 is 11.1 Å². The molecule has 0 radical (unpaired) electrons. The Labute approximate surface area is 121 Å². The monoisotopic (exact) mass is 279 g/mol. The van der Waals surface area contributed by atoms with E-state index in [0.717, 1.165) is 18.8 Å². The van der Waals surface area contributed by atoms with E-state index < -0.39 is 5.97 Å². The first-order valence-corrected chi connectivity index (χ1v) is 6.61. The minimum absolute atomic E-state index is 0.121. The summed E-state index contributed by atoms with van der Waals surface area (Å²) in [6.45, 7) is 6.16. The van der Waals surface area contributed by atoms with Gasteiger partial charge in [-0.1, -0.05) is 13.8 Å². The lowest BCUT2D eigenvalue weighted by Gasteiger charge is -2.29. The van der Waals surface area contributed by atoms with E-state index in [-0.39, 0.29) is 5.41 Å². The number of anilines is 2. The summed E-state index contributed by atoms with van der Waals surface area (Å²) in [4.78, 5) is 13.8. The molecule has 5 nitrogen and oxygen atoms in total. The SMILES string of the molecule is COC(=O)c1cc(NCC(C)(C)CN(C)C)ccc1N. The number of nitrogens with two attached hydrogens (primary N) is 1. The van der Waals surface area contributed by atoms with E-state index in [1.54, 1.807) is 12.1 Å². The molecule has 0 aliphatic carbocycles. The van der Waals surface area contributed by atoms with Crippen molar-refractivity contribution in [3.63, 3.8) is 0 Å². The van der Waals surface area contributed by atoms with Gasteiger partial charge < -0.3 is 20.7 Å². The summed E-state index contributed by atoms with van der Waals surface area (Å²) in [5.74, 6) is -0.418. The van der Waals surface area contributed by atoms with Crippen LogP contribution >= 0.6 is 0 Å². The third kappa shape index (κ3) is 4.74. The number of nitrogens with one attached hydrogen (secondary N) is 1. The molecule has 1 rings (SSSR count). The van der Waals surface area contributed by atoms with Crippen LogP contribution in [-0.2, 0) is 4.74 Å². The van der Waals surface area contributed by atoms with Gasteiger partial charge in [0.25, 0.3) is 0 Å². The van der Waals surface area contributed by atoms with Crippen molar-refractivity contribution < 1.29 is 9.53 Å². The number of carbonyl (C=O) groups is 1. The number of hydrogen-bond donors (Lipinski definition) is 2. The van der Waals surface area contributed by atoms with E-state index in [1.165, 1.54) is 7.11 Å². The number of esters is 1. The number of rotatable bonds is 6. The maximum atomic E-state index is 11.6. The largest absolute Gasteiger partial charge is 0.465 e. The van der Waals surface area contributed by atoms with Crippen molar-refractivity contribution >= 4 is 17.3 Å². The van der Waals surface area contributed by atoms with E-state index in [0.29, 0.717) is 11.3 Å². The molecule has 0 atom stereocenters. The van der Waals surface area contributed by atoms with Crippen LogP contribution in [0.5, 0.6) is 0 Å². The number of methoxy groups -OCH3 is 1. The summed E-state index contributed by atoms with van der Waals surface area (Å²) in [6.07, 6.45) is 0. The maximum absolute atomic E-state index is 11.6. The van der Waals surface area contributed by atoms with Crippen LogP contribution in [0.4, 0.5) is 11.4 Å². The van der Waals surface area contributed by atoms with E-state index in [2.05, 4.69) is 38.2 Å². The molecule has 3 N–H and O–H groups in total. The topological polar surface area (TPSA) is 67.6 Å². The lowest BCUT2D eigenvalue weighted by atomic mass is 9.93. The Balaban J connectivity index is 2.76. The zero-order valence-corrected chi connectivity index (χ0v) is 13.0. The summed E-state index contributed by atoms with van der Waals surface area (Å²) >= 11 is 0. The molecule has 0 amide bonds. The second kappa shape index (κ2) is 6.61. The molecular weight excluding hydrogens is 254 g/mol. The molecule has 0 aromatic heterocycles. The molecule has 0 saturated heterocycles. The Morgan fingerprint density at radius 2 is 2.05 bits per heavy atom. The predicted molar refractivity (Wildman–Crippen MR) is 83.0 cm³/mol. The van der Waals surface area contributed by atoms with Gasteiger partial charge in [0, 0.05) is 24.5 Å². The highest BCUT2D eigenvalue weighted by Gasteiger charge is 2.19. The van der Waals surface area contributed by atoms with Crippen LogP contribution in [0.25, 0.3) is 0 Å². The maximum Gasteiger partial charge on any atom is 0.340 e.